The first-order chi connectivity index (χ1) is 14.2. The highest BCUT2D eigenvalue weighted by molar-refractivity contribution is 7.92. The first-order valence-electron chi connectivity index (χ1n) is 9.72. The van der Waals surface area contributed by atoms with Gasteiger partial charge in [0, 0.05) is 12.1 Å². The lowest BCUT2D eigenvalue weighted by Crippen LogP contribution is -2.51. The van der Waals surface area contributed by atoms with E-state index in [2.05, 4.69) is 5.32 Å². The Bertz CT molecular complexity index is 1030. The average Bonchev–Trinajstić information content (AvgIpc) is 2.97. The van der Waals surface area contributed by atoms with Gasteiger partial charge in [0.05, 0.1) is 21.4 Å². The van der Waals surface area contributed by atoms with Crippen LogP contribution in [0.4, 0.5) is 23.7 Å². The second-order valence-corrected chi connectivity index (χ2v) is 9.95. The topological polar surface area (TPSA) is 66.5 Å². The zero-order valence-electron chi connectivity index (χ0n) is 16.0. The third-order valence-electron chi connectivity index (χ3n) is 5.91. The third kappa shape index (κ3) is 3.78. The number of amides is 2. The predicted octanol–water partition coefficient (Wildman–Crippen LogP) is 4.71. The van der Waals surface area contributed by atoms with E-state index in [1.54, 1.807) is 30.3 Å². The molecule has 2 aromatic carbocycles. The van der Waals surface area contributed by atoms with Crippen LogP contribution in [0.15, 0.2) is 59.5 Å². The van der Waals surface area contributed by atoms with E-state index in [9.17, 15) is 26.4 Å². The number of carbonyl (C=O) groups is 1. The van der Waals surface area contributed by atoms with E-state index >= 15 is 0 Å². The number of fused-ring (bicyclic) bond motifs is 2. The summed E-state index contributed by atoms with van der Waals surface area (Å²) in [7, 11) is -3.53. The van der Waals surface area contributed by atoms with Gasteiger partial charge in [0.2, 0.25) is 0 Å². The molecule has 0 saturated carbocycles. The number of hydrogen-bond donors (Lipinski definition) is 1. The van der Waals surface area contributed by atoms with Gasteiger partial charge in [-0.15, -0.1) is 0 Å². The summed E-state index contributed by atoms with van der Waals surface area (Å²) in [5, 5.41) is 1.78. The van der Waals surface area contributed by atoms with Gasteiger partial charge >= 0.3 is 12.2 Å². The fourth-order valence-electron chi connectivity index (χ4n) is 4.53. The number of nitrogens with one attached hydrogen (secondary N) is 1. The van der Waals surface area contributed by atoms with Crippen LogP contribution in [-0.2, 0) is 16.0 Å². The van der Waals surface area contributed by atoms with Crippen molar-refractivity contribution in [3.63, 3.8) is 0 Å². The van der Waals surface area contributed by atoms with Gasteiger partial charge in [-0.1, -0.05) is 30.3 Å². The number of alkyl halides is 3. The highest BCUT2D eigenvalue weighted by Gasteiger charge is 2.47. The summed E-state index contributed by atoms with van der Waals surface area (Å²) in [6.07, 6.45) is -2.75. The Labute approximate surface area is 172 Å². The Morgan fingerprint density at radius 2 is 1.50 bits per heavy atom. The number of rotatable bonds is 3. The van der Waals surface area contributed by atoms with Crippen LogP contribution in [0.25, 0.3) is 0 Å². The Hall–Kier alpha value is -2.55. The first kappa shape index (κ1) is 20.7. The van der Waals surface area contributed by atoms with Crippen LogP contribution in [0.2, 0.25) is 0 Å². The number of piperidine rings is 1. The molecule has 2 saturated heterocycles. The summed E-state index contributed by atoms with van der Waals surface area (Å²) in [6, 6.07) is 11.8. The maximum Gasteiger partial charge on any atom is 0.418 e. The quantitative estimate of drug-likeness (QED) is 0.755. The van der Waals surface area contributed by atoms with E-state index in [0.717, 1.165) is 6.07 Å². The van der Waals surface area contributed by atoms with E-state index < -0.39 is 32.9 Å². The van der Waals surface area contributed by atoms with Gasteiger partial charge in [-0.2, -0.15) is 13.2 Å². The lowest BCUT2D eigenvalue weighted by molar-refractivity contribution is -0.136. The smallest absolute Gasteiger partial charge is 0.318 e. The average molecular weight is 438 g/mol. The third-order valence-corrected chi connectivity index (χ3v) is 8.10. The molecular weight excluding hydrogens is 417 g/mol. The van der Waals surface area contributed by atoms with Crippen LogP contribution in [0.5, 0.6) is 0 Å². The van der Waals surface area contributed by atoms with E-state index in [1.165, 1.54) is 23.1 Å². The predicted molar refractivity (Wildman–Crippen MR) is 106 cm³/mol. The molecule has 3 atom stereocenters. The van der Waals surface area contributed by atoms with Crippen LogP contribution in [0.1, 0.15) is 31.2 Å². The number of hydrogen-bond acceptors (Lipinski definition) is 3. The van der Waals surface area contributed by atoms with Crippen LogP contribution >= 0.6 is 0 Å². The summed E-state index contributed by atoms with van der Waals surface area (Å²) >= 11 is 0. The standard InChI is InChI=1S/C21H21F3N2O3S/c22-21(23,24)18-8-4-5-9-19(18)25-20(27)26-14-10-11-15(26)13-17(12-14)30(28,29)16-6-2-1-3-7-16/h1-9,14-15,17H,10-13H2,(H,25,27)/t14-,15+,17?. The highest BCUT2D eigenvalue weighted by Crippen LogP contribution is 2.41. The molecule has 4 rings (SSSR count). The molecule has 0 radical (unpaired) electrons. The molecule has 2 bridgehead atoms. The zero-order valence-corrected chi connectivity index (χ0v) is 16.8. The maximum absolute atomic E-state index is 13.2. The molecule has 2 heterocycles. The summed E-state index contributed by atoms with van der Waals surface area (Å²) in [4.78, 5) is 14.6. The number of halogens is 3. The molecule has 5 nitrogen and oxygen atoms in total. The van der Waals surface area contributed by atoms with E-state index in [-0.39, 0.29) is 35.5 Å². The van der Waals surface area contributed by atoms with Crippen LogP contribution in [-0.4, -0.2) is 36.7 Å². The van der Waals surface area contributed by atoms with Crippen LogP contribution in [0, 0.1) is 0 Å². The van der Waals surface area contributed by atoms with Gasteiger partial charge < -0.3 is 10.2 Å². The largest absolute Gasteiger partial charge is 0.418 e. The molecule has 30 heavy (non-hydrogen) atoms. The van der Waals surface area contributed by atoms with Crippen molar-refractivity contribution >= 4 is 21.6 Å². The molecule has 0 aliphatic carbocycles. The highest BCUT2D eigenvalue weighted by atomic mass is 32.2. The fraction of sp³-hybridized carbons (Fsp3) is 0.381. The SMILES string of the molecule is O=C(Nc1ccccc1C(F)(F)F)N1[C@@H]2CC[C@H]1CC(S(=O)(=O)c1ccccc1)C2. The Balaban J connectivity index is 1.52. The maximum atomic E-state index is 13.2. The normalized spacial score (nSPS) is 24.0. The second-order valence-electron chi connectivity index (χ2n) is 7.72. The molecule has 2 aliphatic rings. The van der Waals surface area contributed by atoms with Crippen LogP contribution < -0.4 is 5.32 Å². The minimum atomic E-state index is -4.58. The van der Waals surface area contributed by atoms with Gasteiger partial charge in [-0.3, -0.25) is 0 Å². The molecule has 2 aliphatic heterocycles. The van der Waals surface area contributed by atoms with Crippen molar-refractivity contribution in [3.8, 4) is 0 Å². The lowest BCUT2D eigenvalue weighted by atomic mass is 10.0. The number of nitrogens with zero attached hydrogens (tertiary/aromatic N) is 1. The minimum absolute atomic E-state index is 0.256. The number of para-hydroxylation sites is 1. The van der Waals surface area contributed by atoms with Gasteiger partial charge in [0.1, 0.15) is 0 Å². The van der Waals surface area contributed by atoms with Crippen LogP contribution in [0.3, 0.4) is 0 Å². The molecule has 0 spiro atoms. The molecule has 160 valence electrons. The first-order valence-corrected chi connectivity index (χ1v) is 11.3. The monoisotopic (exact) mass is 438 g/mol. The fourth-order valence-corrected chi connectivity index (χ4v) is 6.41. The van der Waals surface area contributed by atoms with Crippen molar-refractivity contribution < 1.29 is 26.4 Å². The Morgan fingerprint density at radius 3 is 2.10 bits per heavy atom. The molecule has 9 heteroatoms. The summed E-state index contributed by atoms with van der Waals surface area (Å²) in [6.45, 7) is 0. The molecular formula is C21H21F3N2O3S. The van der Waals surface area contributed by atoms with Gasteiger partial charge in [-0.05, 0) is 49.9 Å². The zero-order chi connectivity index (χ0) is 21.5. The number of anilines is 1. The van der Waals surface area contributed by atoms with Gasteiger partial charge in [0.15, 0.2) is 9.84 Å². The minimum Gasteiger partial charge on any atom is -0.318 e. The summed E-state index contributed by atoms with van der Waals surface area (Å²) in [5.74, 6) is 0. The summed E-state index contributed by atoms with van der Waals surface area (Å²) in [5.41, 5.74) is -1.21. The molecule has 1 N–H and O–H groups in total. The molecule has 2 fully saturated rings. The lowest BCUT2D eigenvalue weighted by Gasteiger charge is -2.38. The Kier molecular flexibility index (Phi) is 5.25. The molecule has 0 aromatic heterocycles. The Morgan fingerprint density at radius 1 is 0.933 bits per heavy atom. The molecule has 1 unspecified atom stereocenters. The summed E-state index contributed by atoms with van der Waals surface area (Å²) < 4.78 is 65.6. The number of carbonyl (C=O) groups excluding carboxylic acids is 1. The van der Waals surface area contributed by atoms with Crippen molar-refractivity contribution in [3.05, 3.63) is 60.2 Å². The van der Waals surface area contributed by atoms with Crippen molar-refractivity contribution in [1.29, 1.82) is 0 Å². The van der Waals surface area contributed by atoms with E-state index in [4.69, 9.17) is 0 Å². The number of sulfone groups is 1. The second kappa shape index (κ2) is 7.61. The van der Waals surface area contributed by atoms with Crippen molar-refractivity contribution in [1.82, 2.24) is 4.90 Å². The van der Waals surface area contributed by atoms with Crippen molar-refractivity contribution in [2.24, 2.45) is 0 Å². The molecule has 2 amide bonds. The van der Waals surface area contributed by atoms with E-state index in [1.807, 2.05) is 0 Å². The van der Waals surface area contributed by atoms with E-state index in [0.29, 0.717) is 12.8 Å². The molecule has 2 aromatic rings. The van der Waals surface area contributed by atoms with Crippen molar-refractivity contribution in [2.75, 3.05) is 5.32 Å². The van der Waals surface area contributed by atoms with Crippen molar-refractivity contribution in [2.45, 2.75) is 54.1 Å². The van der Waals surface area contributed by atoms with Gasteiger partial charge in [-0.25, -0.2) is 13.2 Å². The number of urea groups is 1. The van der Waals surface area contributed by atoms with Gasteiger partial charge in [0.25, 0.3) is 0 Å². The number of benzene rings is 2.